The van der Waals surface area contributed by atoms with Crippen molar-refractivity contribution in [3.05, 3.63) is 0 Å². The highest BCUT2D eigenvalue weighted by atomic mass is 31.2. The van der Waals surface area contributed by atoms with Gasteiger partial charge in [0.05, 0.1) is 26.4 Å². The first kappa shape index (κ1) is 84.1. The zero-order chi connectivity index (χ0) is 63.6. The van der Waals surface area contributed by atoms with Crippen molar-refractivity contribution in [1.82, 2.24) is 0 Å². The third-order valence-electron chi connectivity index (χ3n) is 15.5. The smallest absolute Gasteiger partial charge is 0.462 e. The van der Waals surface area contributed by atoms with Crippen LogP contribution >= 0.6 is 15.6 Å². The molecular formula is C67H130O17P2. The summed E-state index contributed by atoms with van der Waals surface area (Å²) in [6.45, 7) is 9.41. The molecule has 0 aromatic rings. The van der Waals surface area contributed by atoms with E-state index in [0.717, 1.165) is 108 Å². The van der Waals surface area contributed by atoms with Crippen LogP contribution in [0.15, 0.2) is 0 Å². The maximum Gasteiger partial charge on any atom is 0.472 e. The molecule has 0 spiro atoms. The molecule has 0 rings (SSSR count). The summed E-state index contributed by atoms with van der Waals surface area (Å²) in [6, 6.07) is 0. The van der Waals surface area contributed by atoms with Crippen LogP contribution in [0.2, 0.25) is 0 Å². The molecule has 0 bridgehead atoms. The third kappa shape index (κ3) is 60.9. The van der Waals surface area contributed by atoms with Gasteiger partial charge in [0.1, 0.15) is 19.3 Å². The Labute approximate surface area is 524 Å². The summed E-state index contributed by atoms with van der Waals surface area (Å²) in [7, 11) is -9.88. The lowest BCUT2D eigenvalue weighted by Crippen LogP contribution is -2.30. The molecular weight excluding hydrogens is 1140 g/mol. The first-order valence-corrected chi connectivity index (χ1v) is 38.0. The van der Waals surface area contributed by atoms with E-state index in [2.05, 4.69) is 41.5 Å². The van der Waals surface area contributed by atoms with Gasteiger partial charge in [-0.2, -0.15) is 0 Å². The summed E-state index contributed by atoms with van der Waals surface area (Å²) in [6.07, 6.45) is 43.4. The van der Waals surface area contributed by atoms with E-state index in [4.69, 9.17) is 37.0 Å². The van der Waals surface area contributed by atoms with Gasteiger partial charge in [0.15, 0.2) is 12.2 Å². The maximum atomic E-state index is 13.0. The highest BCUT2D eigenvalue weighted by Gasteiger charge is 2.30. The number of phosphoric ester groups is 2. The van der Waals surface area contributed by atoms with Gasteiger partial charge in [0.25, 0.3) is 0 Å². The fourth-order valence-electron chi connectivity index (χ4n) is 10.1. The number of carbonyl (C=O) groups excluding carboxylic acids is 4. The summed E-state index contributed by atoms with van der Waals surface area (Å²) >= 11 is 0. The number of hydrogen-bond acceptors (Lipinski definition) is 15. The number of unbranched alkanes of at least 4 members (excludes halogenated alkanes) is 36. The maximum absolute atomic E-state index is 13.0. The molecule has 0 saturated carbocycles. The minimum absolute atomic E-state index is 0.103. The molecule has 0 aliphatic carbocycles. The van der Waals surface area contributed by atoms with Crippen LogP contribution in [-0.2, 0) is 65.4 Å². The van der Waals surface area contributed by atoms with E-state index in [-0.39, 0.29) is 25.7 Å². The minimum Gasteiger partial charge on any atom is -0.462 e. The second-order valence-electron chi connectivity index (χ2n) is 25.2. The van der Waals surface area contributed by atoms with E-state index in [9.17, 15) is 43.2 Å². The lowest BCUT2D eigenvalue weighted by Gasteiger charge is -2.21. The van der Waals surface area contributed by atoms with Crippen molar-refractivity contribution in [3.8, 4) is 0 Å². The molecule has 0 aliphatic heterocycles. The van der Waals surface area contributed by atoms with Crippen LogP contribution in [0.1, 0.15) is 337 Å². The van der Waals surface area contributed by atoms with Crippen LogP contribution in [-0.4, -0.2) is 96.7 Å². The molecule has 17 nitrogen and oxygen atoms in total. The predicted octanol–water partition coefficient (Wildman–Crippen LogP) is 18.8. The Morgan fingerprint density at radius 1 is 0.314 bits per heavy atom. The minimum atomic E-state index is -4.95. The largest absolute Gasteiger partial charge is 0.472 e. The van der Waals surface area contributed by atoms with Crippen LogP contribution in [0.5, 0.6) is 0 Å². The number of aliphatic hydroxyl groups excluding tert-OH is 1. The van der Waals surface area contributed by atoms with Crippen molar-refractivity contribution >= 4 is 39.5 Å². The van der Waals surface area contributed by atoms with Gasteiger partial charge in [0.2, 0.25) is 0 Å². The molecule has 0 heterocycles. The molecule has 0 saturated heterocycles. The fourth-order valence-corrected chi connectivity index (χ4v) is 11.6. The topological polar surface area (TPSA) is 237 Å². The Bertz CT molecular complexity index is 1680. The van der Waals surface area contributed by atoms with Crippen molar-refractivity contribution in [3.63, 3.8) is 0 Å². The third-order valence-corrected chi connectivity index (χ3v) is 17.4. The summed E-state index contributed by atoms with van der Waals surface area (Å²) in [5.74, 6) is -0.645. The van der Waals surface area contributed by atoms with Gasteiger partial charge in [-0.25, -0.2) is 9.13 Å². The van der Waals surface area contributed by atoms with Gasteiger partial charge in [-0.1, -0.05) is 286 Å². The van der Waals surface area contributed by atoms with Crippen molar-refractivity contribution < 1.29 is 80.2 Å². The van der Waals surface area contributed by atoms with Gasteiger partial charge in [-0.05, 0) is 37.5 Å². The molecule has 2 unspecified atom stereocenters. The lowest BCUT2D eigenvalue weighted by molar-refractivity contribution is -0.161. The Morgan fingerprint density at radius 2 is 0.535 bits per heavy atom. The number of ether oxygens (including phenoxy) is 4. The average Bonchev–Trinajstić information content (AvgIpc) is 3.69. The normalized spacial score (nSPS) is 14.2. The highest BCUT2D eigenvalue weighted by Crippen LogP contribution is 2.45. The van der Waals surface area contributed by atoms with Crippen molar-refractivity contribution in [1.29, 1.82) is 0 Å². The van der Waals surface area contributed by atoms with Gasteiger partial charge in [-0.15, -0.1) is 0 Å². The molecule has 0 aliphatic rings. The van der Waals surface area contributed by atoms with Gasteiger partial charge < -0.3 is 33.8 Å². The van der Waals surface area contributed by atoms with E-state index in [0.29, 0.717) is 25.7 Å². The molecule has 5 atom stereocenters. The van der Waals surface area contributed by atoms with Gasteiger partial charge >= 0.3 is 39.5 Å². The van der Waals surface area contributed by atoms with Crippen LogP contribution in [0.4, 0.5) is 0 Å². The molecule has 19 heteroatoms. The Hall–Kier alpha value is -1.94. The first-order chi connectivity index (χ1) is 41.4. The lowest BCUT2D eigenvalue weighted by atomic mass is 10.0. The van der Waals surface area contributed by atoms with E-state index in [1.54, 1.807) is 0 Å². The van der Waals surface area contributed by atoms with E-state index in [1.165, 1.54) is 148 Å². The van der Waals surface area contributed by atoms with Crippen molar-refractivity contribution in [2.75, 3.05) is 39.6 Å². The van der Waals surface area contributed by atoms with E-state index in [1.807, 2.05) is 0 Å². The monoisotopic (exact) mass is 1270 g/mol. The molecule has 0 amide bonds. The highest BCUT2D eigenvalue weighted by molar-refractivity contribution is 7.47. The molecule has 0 aromatic heterocycles. The van der Waals surface area contributed by atoms with Gasteiger partial charge in [0, 0.05) is 25.7 Å². The molecule has 86 heavy (non-hydrogen) atoms. The number of hydrogen-bond donors (Lipinski definition) is 3. The van der Waals surface area contributed by atoms with E-state index < -0.39 is 97.5 Å². The molecule has 510 valence electrons. The quantitative estimate of drug-likeness (QED) is 0.0222. The molecule has 0 fully saturated rings. The van der Waals surface area contributed by atoms with Crippen LogP contribution in [0.25, 0.3) is 0 Å². The second-order valence-corrected chi connectivity index (χ2v) is 28.1. The standard InChI is InChI=1S/C67H130O17P2/c1-7-9-11-13-14-15-16-17-18-19-23-26-32-38-44-50-65(70)78-56-63(84-66(71)51-45-39-33-27-24-21-20-22-25-30-36-41-47-59(3)4)58-82-86(75,76)80-54-61(68)53-79-85(73,74)81-57-62(55-77-64(69)49-43-35-12-10-8-2)83-67(72)52-46-40-34-29-28-31-37-42-48-60(5)6/h59-63,68H,7-58H2,1-6H3,(H,73,74)(H,75,76)/t61-,62+,63+/m0/s1. The first-order valence-electron chi connectivity index (χ1n) is 35.0. The Balaban J connectivity index is 5.17. The summed E-state index contributed by atoms with van der Waals surface area (Å²) in [4.78, 5) is 72.1. The molecule has 0 aromatic carbocycles. The van der Waals surface area contributed by atoms with E-state index >= 15 is 0 Å². The number of esters is 4. The number of phosphoric acid groups is 2. The van der Waals surface area contributed by atoms with Crippen LogP contribution in [0, 0.1) is 11.8 Å². The second kappa shape index (κ2) is 59.4. The summed E-state index contributed by atoms with van der Waals surface area (Å²) in [5, 5.41) is 10.5. The molecule has 3 N–H and O–H groups in total. The number of carbonyl (C=O) groups is 4. The average molecular weight is 1270 g/mol. The zero-order valence-electron chi connectivity index (χ0n) is 55.6. The SMILES string of the molecule is CCCCCCCCCCCCCCCCCC(=O)OC[C@H](COP(=O)(O)OC[C@@H](O)COP(=O)(O)OC[C@@H](COC(=O)CCCCCCC)OC(=O)CCCCCCCCCCC(C)C)OC(=O)CCCCCCCCCCCCCCC(C)C. The zero-order valence-corrected chi connectivity index (χ0v) is 57.4. The van der Waals surface area contributed by atoms with Gasteiger partial charge in [-0.3, -0.25) is 37.3 Å². The predicted molar refractivity (Wildman–Crippen MR) is 345 cm³/mol. The van der Waals surface area contributed by atoms with Crippen LogP contribution < -0.4 is 0 Å². The summed E-state index contributed by atoms with van der Waals surface area (Å²) < 4.78 is 68.0. The Kier molecular flexibility index (Phi) is 58.0. The number of rotatable bonds is 66. The molecule has 0 radical (unpaired) electrons. The Morgan fingerprint density at radius 3 is 0.791 bits per heavy atom. The van der Waals surface area contributed by atoms with Crippen LogP contribution in [0.3, 0.4) is 0 Å². The van der Waals surface area contributed by atoms with Crippen molar-refractivity contribution in [2.24, 2.45) is 11.8 Å². The summed E-state index contributed by atoms with van der Waals surface area (Å²) in [5.41, 5.74) is 0. The number of aliphatic hydroxyl groups is 1. The van der Waals surface area contributed by atoms with Crippen molar-refractivity contribution in [2.45, 2.75) is 355 Å². The fraction of sp³-hybridized carbons (Fsp3) is 0.940.